The molecule has 7 nitrogen and oxygen atoms in total. The summed E-state index contributed by atoms with van der Waals surface area (Å²) in [6.07, 6.45) is 3.51. The van der Waals surface area contributed by atoms with Crippen molar-refractivity contribution in [2.75, 3.05) is 12.4 Å². The third-order valence-electron chi connectivity index (χ3n) is 7.01. The molecule has 3 atom stereocenters. The van der Waals surface area contributed by atoms with Crippen LogP contribution < -0.4 is 16.0 Å². The molecule has 1 aliphatic carbocycles. The van der Waals surface area contributed by atoms with E-state index in [0.29, 0.717) is 5.56 Å². The second-order valence-electron chi connectivity index (χ2n) is 9.19. The van der Waals surface area contributed by atoms with Crippen molar-refractivity contribution in [1.29, 1.82) is 0 Å². The largest absolute Gasteiger partial charge is 0.343 e. The van der Waals surface area contributed by atoms with Gasteiger partial charge < -0.3 is 20.9 Å². The highest BCUT2D eigenvalue weighted by molar-refractivity contribution is 6.00. The average molecular weight is 521 g/mol. The molecule has 1 saturated carbocycles. The molecule has 1 heterocycles. The second kappa shape index (κ2) is 11.8. The standard InChI is InChI=1S/C26H30F2N4O3.ClH/c1-15(29-2)24(33)30-21(16-8-3-4-9-16)26(35)32-14-17-10-5-6-11-18(17)23(32)25(34)31-22-19(27)12-7-13-20(22)28;/h5-7,10-13,15-16,21,23,29H,3-4,8-9,14H2,1-2H3,(H,30,33)(H,31,34);1H/t15-,21-,23-;/m0./s1. The summed E-state index contributed by atoms with van der Waals surface area (Å²) >= 11 is 0. The van der Waals surface area contributed by atoms with Gasteiger partial charge in [-0.2, -0.15) is 0 Å². The Hall–Kier alpha value is -3.04. The monoisotopic (exact) mass is 520 g/mol. The van der Waals surface area contributed by atoms with E-state index in [1.807, 2.05) is 12.1 Å². The molecule has 0 spiro atoms. The lowest BCUT2D eigenvalue weighted by atomic mass is 9.95. The molecule has 1 fully saturated rings. The lowest BCUT2D eigenvalue weighted by Crippen LogP contribution is -2.55. The maximum atomic E-state index is 14.2. The number of nitrogens with one attached hydrogen (secondary N) is 3. The Morgan fingerprint density at radius 2 is 1.64 bits per heavy atom. The summed E-state index contributed by atoms with van der Waals surface area (Å²) in [5.74, 6) is -3.25. The van der Waals surface area contributed by atoms with E-state index in [2.05, 4.69) is 16.0 Å². The van der Waals surface area contributed by atoms with Gasteiger partial charge in [0, 0.05) is 6.54 Å². The molecule has 2 aromatic carbocycles. The highest BCUT2D eigenvalue weighted by atomic mass is 35.5. The SMILES string of the molecule is CN[C@@H](C)C(=O)N[C@H](C(=O)N1Cc2ccccc2[C@H]1C(=O)Nc1c(F)cccc1F)C1CCCC1.Cl. The Balaban J connectivity index is 0.00000361. The third-order valence-corrected chi connectivity index (χ3v) is 7.01. The molecule has 3 N–H and O–H groups in total. The molecule has 0 unspecified atom stereocenters. The zero-order valence-corrected chi connectivity index (χ0v) is 21.0. The van der Waals surface area contributed by atoms with E-state index in [1.54, 1.807) is 26.1 Å². The quantitative estimate of drug-likeness (QED) is 0.519. The number of para-hydroxylation sites is 1. The van der Waals surface area contributed by atoms with Crippen LogP contribution in [0.3, 0.4) is 0 Å². The summed E-state index contributed by atoms with van der Waals surface area (Å²) in [6, 6.07) is 8.06. The number of nitrogens with zero attached hydrogens (tertiary/aromatic N) is 1. The minimum Gasteiger partial charge on any atom is -0.343 e. The number of carbonyl (C=O) groups excluding carboxylic acids is 3. The van der Waals surface area contributed by atoms with Crippen molar-refractivity contribution in [2.24, 2.45) is 5.92 Å². The second-order valence-corrected chi connectivity index (χ2v) is 9.19. The van der Waals surface area contributed by atoms with Crippen LogP contribution in [0.25, 0.3) is 0 Å². The number of likely N-dealkylation sites (N-methyl/N-ethyl adjacent to an activating group) is 1. The van der Waals surface area contributed by atoms with Gasteiger partial charge in [-0.15, -0.1) is 12.4 Å². The van der Waals surface area contributed by atoms with Gasteiger partial charge in [0.15, 0.2) is 0 Å². The fourth-order valence-electron chi connectivity index (χ4n) is 4.94. The molecular formula is C26H31ClF2N4O3. The van der Waals surface area contributed by atoms with Crippen LogP contribution in [-0.4, -0.2) is 41.8 Å². The predicted octanol–water partition coefficient (Wildman–Crippen LogP) is 3.69. The molecular weight excluding hydrogens is 490 g/mol. The van der Waals surface area contributed by atoms with Crippen LogP contribution in [0, 0.1) is 17.6 Å². The molecule has 1 aliphatic heterocycles. The summed E-state index contributed by atoms with van der Waals surface area (Å²) in [5.41, 5.74) is 0.808. The molecule has 0 radical (unpaired) electrons. The Kier molecular flexibility index (Phi) is 9.03. The van der Waals surface area contributed by atoms with E-state index >= 15 is 0 Å². The first-order chi connectivity index (χ1) is 16.8. The number of halogens is 3. The molecule has 0 bridgehead atoms. The molecule has 2 aromatic rings. The molecule has 194 valence electrons. The number of rotatable bonds is 7. The maximum Gasteiger partial charge on any atom is 0.252 e. The summed E-state index contributed by atoms with van der Waals surface area (Å²) in [6.45, 7) is 1.87. The number of benzene rings is 2. The molecule has 0 aromatic heterocycles. The Labute approximate surface area is 215 Å². The summed E-state index contributed by atoms with van der Waals surface area (Å²) in [4.78, 5) is 41.4. The van der Waals surface area contributed by atoms with Crippen LogP contribution in [0.4, 0.5) is 14.5 Å². The van der Waals surface area contributed by atoms with Crippen molar-refractivity contribution >= 4 is 35.8 Å². The Morgan fingerprint density at radius 1 is 1.00 bits per heavy atom. The lowest BCUT2D eigenvalue weighted by Gasteiger charge is -2.32. The average Bonchev–Trinajstić information content (AvgIpc) is 3.52. The molecule has 0 saturated heterocycles. The minimum absolute atomic E-state index is 0. The Bertz CT molecular complexity index is 1110. The summed E-state index contributed by atoms with van der Waals surface area (Å²) in [5, 5.41) is 8.11. The first kappa shape index (κ1) is 27.5. The van der Waals surface area contributed by atoms with Crippen LogP contribution >= 0.6 is 12.4 Å². The number of amides is 3. The zero-order valence-electron chi connectivity index (χ0n) is 20.2. The van der Waals surface area contributed by atoms with E-state index in [9.17, 15) is 23.2 Å². The molecule has 4 rings (SSSR count). The van der Waals surface area contributed by atoms with Crippen molar-refractivity contribution in [1.82, 2.24) is 15.5 Å². The van der Waals surface area contributed by atoms with Crippen LogP contribution in [0.1, 0.15) is 49.8 Å². The van der Waals surface area contributed by atoms with Gasteiger partial charge in [0.25, 0.3) is 5.91 Å². The van der Waals surface area contributed by atoms with E-state index in [-0.39, 0.29) is 36.7 Å². The van der Waals surface area contributed by atoms with Gasteiger partial charge in [0.2, 0.25) is 11.8 Å². The number of hydrogen-bond donors (Lipinski definition) is 3. The van der Waals surface area contributed by atoms with Crippen molar-refractivity contribution in [3.63, 3.8) is 0 Å². The van der Waals surface area contributed by atoms with Gasteiger partial charge >= 0.3 is 0 Å². The predicted molar refractivity (Wildman–Crippen MR) is 134 cm³/mol. The van der Waals surface area contributed by atoms with Crippen molar-refractivity contribution < 1.29 is 23.2 Å². The van der Waals surface area contributed by atoms with Gasteiger partial charge in [-0.1, -0.05) is 43.2 Å². The van der Waals surface area contributed by atoms with Crippen molar-refractivity contribution in [3.05, 3.63) is 65.2 Å². The smallest absolute Gasteiger partial charge is 0.252 e. The van der Waals surface area contributed by atoms with Crippen LogP contribution in [0.15, 0.2) is 42.5 Å². The van der Waals surface area contributed by atoms with Crippen LogP contribution in [0.5, 0.6) is 0 Å². The number of hydrogen-bond acceptors (Lipinski definition) is 4. The first-order valence-corrected chi connectivity index (χ1v) is 11.9. The van der Waals surface area contributed by atoms with Crippen LogP contribution in [0.2, 0.25) is 0 Å². The fourth-order valence-corrected chi connectivity index (χ4v) is 4.94. The van der Waals surface area contributed by atoms with Crippen molar-refractivity contribution in [2.45, 2.75) is 57.3 Å². The fraction of sp³-hybridized carbons (Fsp3) is 0.423. The van der Waals surface area contributed by atoms with E-state index < -0.39 is 41.4 Å². The topological polar surface area (TPSA) is 90.5 Å². The van der Waals surface area contributed by atoms with Gasteiger partial charge in [0.05, 0.1) is 6.04 Å². The van der Waals surface area contributed by atoms with Gasteiger partial charge in [-0.3, -0.25) is 14.4 Å². The molecule has 3 amide bonds. The minimum atomic E-state index is -1.08. The first-order valence-electron chi connectivity index (χ1n) is 11.9. The van der Waals surface area contributed by atoms with Gasteiger partial charge in [0.1, 0.15) is 29.4 Å². The summed E-state index contributed by atoms with van der Waals surface area (Å²) in [7, 11) is 1.66. The summed E-state index contributed by atoms with van der Waals surface area (Å²) < 4.78 is 28.5. The lowest BCUT2D eigenvalue weighted by molar-refractivity contribution is -0.143. The molecule has 36 heavy (non-hydrogen) atoms. The van der Waals surface area contributed by atoms with Crippen LogP contribution in [-0.2, 0) is 20.9 Å². The third kappa shape index (κ3) is 5.52. The highest BCUT2D eigenvalue weighted by Gasteiger charge is 2.44. The van der Waals surface area contributed by atoms with Gasteiger partial charge in [-0.05, 0) is 56.0 Å². The molecule has 10 heteroatoms. The highest BCUT2D eigenvalue weighted by Crippen LogP contribution is 2.37. The molecule has 2 aliphatic rings. The van der Waals surface area contributed by atoms with E-state index in [1.165, 1.54) is 11.0 Å². The maximum absolute atomic E-state index is 14.2. The number of anilines is 1. The van der Waals surface area contributed by atoms with E-state index in [4.69, 9.17) is 0 Å². The number of carbonyl (C=O) groups is 3. The Morgan fingerprint density at radius 3 is 2.28 bits per heavy atom. The zero-order chi connectivity index (χ0) is 25.1. The van der Waals surface area contributed by atoms with Gasteiger partial charge in [-0.25, -0.2) is 8.78 Å². The van der Waals surface area contributed by atoms with Crippen molar-refractivity contribution in [3.8, 4) is 0 Å². The normalized spacial score (nSPS) is 18.7. The number of fused-ring (bicyclic) bond motifs is 1. The van der Waals surface area contributed by atoms with E-state index in [0.717, 1.165) is 43.4 Å².